The van der Waals surface area contributed by atoms with Gasteiger partial charge in [-0.2, -0.15) is 5.10 Å². The second kappa shape index (κ2) is 7.20. The average molecular weight is 391 g/mol. The Bertz CT molecular complexity index is 1040. The Balaban J connectivity index is 1.70. The van der Waals surface area contributed by atoms with Crippen molar-refractivity contribution in [2.45, 2.75) is 33.2 Å². The monoisotopic (exact) mass is 390 g/mol. The van der Waals surface area contributed by atoms with Gasteiger partial charge >= 0.3 is 0 Å². The van der Waals surface area contributed by atoms with Crippen molar-refractivity contribution in [3.63, 3.8) is 0 Å². The van der Waals surface area contributed by atoms with Crippen molar-refractivity contribution in [3.05, 3.63) is 77.1 Å². The fraction of sp³-hybridized carbons (Fsp3) is 0.227. The topological polar surface area (TPSA) is 50.2 Å². The van der Waals surface area contributed by atoms with Crippen molar-refractivity contribution in [1.29, 1.82) is 0 Å². The third-order valence-electron chi connectivity index (χ3n) is 5.18. The summed E-state index contributed by atoms with van der Waals surface area (Å²) < 4.78 is 1.88. The number of anilines is 1. The number of para-hydroxylation sites is 1. The minimum absolute atomic E-state index is 0.0759. The van der Waals surface area contributed by atoms with E-state index in [4.69, 9.17) is 12.2 Å². The second-order valence-electron chi connectivity index (χ2n) is 6.91. The molecule has 2 heterocycles. The van der Waals surface area contributed by atoms with Crippen LogP contribution in [0.4, 0.5) is 5.69 Å². The lowest BCUT2D eigenvalue weighted by Crippen LogP contribution is -2.30. The SMILES string of the molecule is CCc1ccc(N2C(=O)[C@@H](c3c(C)nn(-c4ccccc4)c3C)NC2=S)cc1. The summed E-state index contributed by atoms with van der Waals surface area (Å²) in [5.41, 5.74) is 5.60. The predicted octanol–water partition coefficient (Wildman–Crippen LogP) is 4.01. The number of amides is 1. The zero-order chi connectivity index (χ0) is 19.8. The van der Waals surface area contributed by atoms with E-state index < -0.39 is 6.04 Å². The summed E-state index contributed by atoms with van der Waals surface area (Å²) >= 11 is 5.49. The number of benzene rings is 2. The predicted molar refractivity (Wildman–Crippen MR) is 115 cm³/mol. The van der Waals surface area contributed by atoms with Crippen LogP contribution >= 0.6 is 12.2 Å². The molecule has 1 N–H and O–H groups in total. The highest BCUT2D eigenvalue weighted by atomic mass is 32.1. The summed E-state index contributed by atoms with van der Waals surface area (Å²) in [5, 5.41) is 8.29. The lowest BCUT2D eigenvalue weighted by atomic mass is 10.0. The molecule has 0 spiro atoms. The molecule has 1 fully saturated rings. The lowest BCUT2D eigenvalue weighted by Gasteiger charge is -2.15. The molecule has 1 aliphatic rings. The van der Waals surface area contributed by atoms with Gasteiger partial charge in [-0.3, -0.25) is 9.69 Å². The van der Waals surface area contributed by atoms with E-state index in [0.29, 0.717) is 5.11 Å². The van der Waals surface area contributed by atoms with Gasteiger partial charge in [0.1, 0.15) is 6.04 Å². The highest BCUT2D eigenvalue weighted by Crippen LogP contribution is 2.31. The maximum Gasteiger partial charge on any atom is 0.260 e. The number of thiocarbonyl (C=S) groups is 1. The minimum Gasteiger partial charge on any atom is -0.346 e. The first-order valence-corrected chi connectivity index (χ1v) is 9.77. The summed E-state index contributed by atoms with van der Waals surface area (Å²) in [6.45, 7) is 6.02. The molecule has 1 amide bonds. The van der Waals surface area contributed by atoms with Gasteiger partial charge in [0.2, 0.25) is 0 Å². The molecule has 28 heavy (non-hydrogen) atoms. The van der Waals surface area contributed by atoms with Crippen LogP contribution in [0.5, 0.6) is 0 Å². The number of carbonyl (C=O) groups excluding carboxylic acids is 1. The van der Waals surface area contributed by atoms with Crippen molar-refractivity contribution in [1.82, 2.24) is 15.1 Å². The molecule has 0 radical (unpaired) electrons. The standard InChI is InChI=1S/C22H22N4OS/c1-4-16-10-12-17(13-11-16)25-21(27)20(23-22(25)28)19-14(2)24-26(15(19)3)18-8-6-5-7-9-18/h5-13,20H,4H2,1-3H3,(H,23,28)/t20-/m1/s1. The van der Waals surface area contributed by atoms with Gasteiger partial charge in [0.25, 0.3) is 5.91 Å². The third-order valence-corrected chi connectivity index (χ3v) is 5.48. The van der Waals surface area contributed by atoms with Gasteiger partial charge in [0, 0.05) is 11.3 Å². The van der Waals surface area contributed by atoms with Gasteiger partial charge in [-0.25, -0.2) is 4.68 Å². The minimum atomic E-state index is -0.532. The Morgan fingerprint density at radius 3 is 2.36 bits per heavy atom. The average Bonchev–Trinajstić information content (AvgIpc) is 3.17. The van der Waals surface area contributed by atoms with E-state index in [1.807, 2.05) is 73.1 Å². The molecule has 3 aromatic rings. The van der Waals surface area contributed by atoms with Gasteiger partial charge in [0.15, 0.2) is 5.11 Å². The molecule has 2 aromatic carbocycles. The molecule has 142 valence electrons. The molecule has 0 bridgehead atoms. The molecule has 6 heteroatoms. The molecule has 0 unspecified atom stereocenters. The molecular formula is C22H22N4OS. The summed E-state index contributed by atoms with van der Waals surface area (Å²) in [4.78, 5) is 14.8. The first-order chi connectivity index (χ1) is 13.5. The third kappa shape index (κ3) is 2.99. The summed E-state index contributed by atoms with van der Waals surface area (Å²) in [5.74, 6) is -0.0759. The van der Waals surface area contributed by atoms with Crippen molar-refractivity contribution in [3.8, 4) is 5.69 Å². The maximum absolute atomic E-state index is 13.3. The first kappa shape index (κ1) is 18.4. The van der Waals surface area contributed by atoms with Crippen molar-refractivity contribution < 1.29 is 4.79 Å². The van der Waals surface area contributed by atoms with E-state index in [1.54, 1.807) is 4.90 Å². The fourth-order valence-corrected chi connectivity index (χ4v) is 4.01. The van der Waals surface area contributed by atoms with Crippen LogP contribution in [0.1, 0.15) is 35.5 Å². The highest BCUT2D eigenvalue weighted by Gasteiger charge is 2.40. The Labute approximate surface area is 170 Å². The normalized spacial score (nSPS) is 16.5. The number of nitrogens with one attached hydrogen (secondary N) is 1. The zero-order valence-corrected chi connectivity index (χ0v) is 17.0. The molecule has 1 aliphatic heterocycles. The molecule has 1 saturated heterocycles. The maximum atomic E-state index is 13.3. The summed E-state index contributed by atoms with van der Waals surface area (Å²) in [6.07, 6.45) is 0.955. The summed E-state index contributed by atoms with van der Waals surface area (Å²) in [7, 11) is 0. The molecule has 5 nitrogen and oxygen atoms in total. The fourth-order valence-electron chi connectivity index (χ4n) is 3.69. The number of aromatic nitrogens is 2. The Morgan fingerprint density at radius 2 is 1.71 bits per heavy atom. The van der Waals surface area contributed by atoms with Crippen LogP contribution in [0, 0.1) is 13.8 Å². The second-order valence-corrected chi connectivity index (χ2v) is 7.29. The zero-order valence-electron chi connectivity index (χ0n) is 16.1. The van der Waals surface area contributed by atoms with Crippen LogP contribution in [-0.4, -0.2) is 20.8 Å². The molecule has 4 rings (SSSR count). The number of hydrogen-bond acceptors (Lipinski definition) is 3. The van der Waals surface area contributed by atoms with E-state index in [1.165, 1.54) is 5.56 Å². The molecule has 1 aromatic heterocycles. The smallest absolute Gasteiger partial charge is 0.260 e. The summed E-state index contributed by atoms with van der Waals surface area (Å²) in [6, 6.07) is 17.3. The lowest BCUT2D eigenvalue weighted by molar-refractivity contribution is -0.118. The number of hydrogen-bond donors (Lipinski definition) is 1. The van der Waals surface area contributed by atoms with Crippen LogP contribution in [0.3, 0.4) is 0 Å². The Kier molecular flexibility index (Phi) is 4.73. The van der Waals surface area contributed by atoms with E-state index in [0.717, 1.165) is 34.7 Å². The number of carbonyl (C=O) groups is 1. The first-order valence-electron chi connectivity index (χ1n) is 9.36. The largest absolute Gasteiger partial charge is 0.346 e. The van der Waals surface area contributed by atoms with Crippen LogP contribution in [0.15, 0.2) is 54.6 Å². The molecule has 0 saturated carbocycles. The molecule has 0 aliphatic carbocycles. The van der Waals surface area contributed by atoms with Gasteiger partial charge in [-0.1, -0.05) is 37.3 Å². The van der Waals surface area contributed by atoms with Crippen molar-refractivity contribution >= 4 is 28.9 Å². The van der Waals surface area contributed by atoms with Crippen LogP contribution < -0.4 is 10.2 Å². The highest BCUT2D eigenvalue weighted by molar-refractivity contribution is 7.80. The van der Waals surface area contributed by atoms with E-state index in [2.05, 4.69) is 17.3 Å². The number of aryl methyl sites for hydroxylation is 2. The Hall–Kier alpha value is -2.99. The van der Waals surface area contributed by atoms with Crippen molar-refractivity contribution in [2.75, 3.05) is 4.90 Å². The molecule has 1 atom stereocenters. The van der Waals surface area contributed by atoms with Crippen LogP contribution in [0.25, 0.3) is 5.69 Å². The Morgan fingerprint density at radius 1 is 1.04 bits per heavy atom. The van der Waals surface area contributed by atoms with Gasteiger partial charge in [-0.15, -0.1) is 0 Å². The van der Waals surface area contributed by atoms with E-state index in [9.17, 15) is 4.79 Å². The number of nitrogens with zero attached hydrogens (tertiary/aromatic N) is 3. The number of rotatable bonds is 4. The van der Waals surface area contributed by atoms with E-state index in [-0.39, 0.29) is 5.91 Å². The quantitative estimate of drug-likeness (QED) is 0.684. The van der Waals surface area contributed by atoms with Gasteiger partial charge in [0.05, 0.1) is 17.1 Å². The van der Waals surface area contributed by atoms with E-state index >= 15 is 0 Å². The van der Waals surface area contributed by atoms with Crippen LogP contribution in [-0.2, 0) is 11.2 Å². The van der Waals surface area contributed by atoms with Crippen molar-refractivity contribution in [2.24, 2.45) is 0 Å². The van der Waals surface area contributed by atoms with Gasteiger partial charge < -0.3 is 5.32 Å². The molecular weight excluding hydrogens is 368 g/mol. The van der Waals surface area contributed by atoms with Crippen LogP contribution in [0.2, 0.25) is 0 Å². The van der Waals surface area contributed by atoms with Gasteiger partial charge in [-0.05, 0) is 62.3 Å².